The minimum atomic E-state index is -3.03. The molecule has 8 heteroatoms. The Morgan fingerprint density at radius 3 is 2.45 bits per heavy atom. The number of amides is 1. The number of thioether (sulfide) groups is 1. The van der Waals surface area contributed by atoms with E-state index in [0.29, 0.717) is 11.4 Å². The molecule has 4 rings (SSSR count). The number of fused-ring (bicyclic) bond motifs is 1. The largest absolute Gasteiger partial charge is 0.351 e. The van der Waals surface area contributed by atoms with Gasteiger partial charge in [0.05, 0.1) is 16.8 Å². The van der Waals surface area contributed by atoms with Crippen LogP contribution in [-0.4, -0.2) is 47.3 Å². The van der Waals surface area contributed by atoms with E-state index in [-0.39, 0.29) is 23.5 Å². The van der Waals surface area contributed by atoms with Crippen LogP contribution in [0.1, 0.15) is 13.3 Å². The molecule has 1 aliphatic heterocycles. The molecule has 1 fully saturated rings. The van der Waals surface area contributed by atoms with E-state index in [4.69, 9.17) is 0 Å². The van der Waals surface area contributed by atoms with Crippen LogP contribution in [0.4, 0.5) is 0 Å². The molecule has 1 aromatic heterocycles. The van der Waals surface area contributed by atoms with Crippen molar-refractivity contribution in [3.05, 3.63) is 54.6 Å². The number of aromatic nitrogens is 2. The highest BCUT2D eigenvalue weighted by Crippen LogP contribution is 2.33. The third-order valence-electron chi connectivity index (χ3n) is 4.94. The SMILES string of the molecule is CC(Sc1nnc(-c2ccccc2)c2ccccc12)C(=O)NC1CCS(=O)(=O)C1. The summed E-state index contributed by atoms with van der Waals surface area (Å²) in [4.78, 5) is 12.6. The Bertz CT molecular complexity index is 1150. The summed E-state index contributed by atoms with van der Waals surface area (Å²) in [5, 5.41) is 13.9. The van der Waals surface area contributed by atoms with E-state index in [1.807, 2.05) is 54.6 Å². The molecule has 0 bridgehead atoms. The first-order valence-electron chi connectivity index (χ1n) is 9.41. The lowest BCUT2D eigenvalue weighted by atomic mass is 10.1. The maximum absolute atomic E-state index is 12.6. The molecule has 0 spiro atoms. The summed E-state index contributed by atoms with van der Waals surface area (Å²) >= 11 is 1.33. The van der Waals surface area contributed by atoms with E-state index in [2.05, 4.69) is 15.5 Å². The van der Waals surface area contributed by atoms with E-state index >= 15 is 0 Å². The van der Waals surface area contributed by atoms with E-state index in [1.54, 1.807) is 6.92 Å². The predicted molar refractivity (Wildman–Crippen MR) is 115 cm³/mol. The number of hydrogen-bond donors (Lipinski definition) is 1. The minimum Gasteiger partial charge on any atom is -0.351 e. The molecule has 2 aromatic carbocycles. The molecule has 29 heavy (non-hydrogen) atoms. The molecule has 3 aromatic rings. The third-order valence-corrected chi connectivity index (χ3v) is 7.80. The highest BCUT2D eigenvalue weighted by Gasteiger charge is 2.30. The molecule has 0 radical (unpaired) electrons. The fourth-order valence-electron chi connectivity index (χ4n) is 3.42. The van der Waals surface area contributed by atoms with E-state index < -0.39 is 15.1 Å². The van der Waals surface area contributed by atoms with Crippen LogP contribution >= 0.6 is 11.8 Å². The number of carbonyl (C=O) groups excluding carboxylic acids is 1. The van der Waals surface area contributed by atoms with Crippen LogP contribution < -0.4 is 5.32 Å². The Morgan fingerprint density at radius 2 is 1.76 bits per heavy atom. The van der Waals surface area contributed by atoms with Crippen molar-refractivity contribution in [3.63, 3.8) is 0 Å². The predicted octanol–water partition coefficient (Wildman–Crippen LogP) is 3.08. The first-order chi connectivity index (χ1) is 13.9. The molecule has 2 heterocycles. The van der Waals surface area contributed by atoms with Gasteiger partial charge < -0.3 is 5.32 Å². The zero-order chi connectivity index (χ0) is 20.4. The molecule has 1 saturated heterocycles. The van der Waals surface area contributed by atoms with E-state index in [9.17, 15) is 13.2 Å². The third kappa shape index (κ3) is 4.43. The summed E-state index contributed by atoms with van der Waals surface area (Å²) in [6.07, 6.45) is 0.472. The monoisotopic (exact) mass is 427 g/mol. The second-order valence-corrected chi connectivity index (χ2v) is 10.7. The van der Waals surface area contributed by atoms with Gasteiger partial charge in [-0.3, -0.25) is 4.79 Å². The fourth-order valence-corrected chi connectivity index (χ4v) is 6.00. The van der Waals surface area contributed by atoms with E-state index in [1.165, 1.54) is 11.8 Å². The van der Waals surface area contributed by atoms with Crippen molar-refractivity contribution in [1.29, 1.82) is 0 Å². The van der Waals surface area contributed by atoms with Gasteiger partial charge in [0.2, 0.25) is 5.91 Å². The number of hydrogen-bond acceptors (Lipinski definition) is 6. The van der Waals surface area contributed by atoms with Crippen molar-refractivity contribution < 1.29 is 13.2 Å². The summed E-state index contributed by atoms with van der Waals surface area (Å²) in [5.41, 5.74) is 1.79. The first kappa shape index (κ1) is 19.8. The Balaban J connectivity index is 1.56. The molecule has 1 amide bonds. The van der Waals surface area contributed by atoms with Crippen LogP contribution in [0.3, 0.4) is 0 Å². The van der Waals surface area contributed by atoms with Gasteiger partial charge in [0, 0.05) is 22.4 Å². The molecule has 1 aliphatic rings. The summed E-state index contributed by atoms with van der Waals surface area (Å²) in [5.74, 6) is -0.0311. The fraction of sp³-hybridized carbons (Fsp3) is 0.286. The number of carbonyl (C=O) groups is 1. The summed E-state index contributed by atoms with van der Waals surface area (Å²) in [6.45, 7) is 1.80. The number of nitrogens with zero attached hydrogens (tertiary/aromatic N) is 2. The van der Waals surface area contributed by atoms with Gasteiger partial charge in [-0.2, -0.15) is 0 Å². The smallest absolute Gasteiger partial charge is 0.233 e. The first-order valence-corrected chi connectivity index (χ1v) is 12.1. The molecule has 150 valence electrons. The zero-order valence-electron chi connectivity index (χ0n) is 15.9. The van der Waals surface area contributed by atoms with Gasteiger partial charge in [0.15, 0.2) is 9.84 Å². The van der Waals surface area contributed by atoms with Crippen LogP contribution in [0, 0.1) is 0 Å². The molecule has 2 atom stereocenters. The van der Waals surface area contributed by atoms with Gasteiger partial charge in [0.1, 0.15) is 10.7 Å². The molecule has 0 saturated carbocycles. The average Bonchev–Trinajstić information content (AvgIpc) is 3.07. The highest BCUT2D eigenvalue weighted by atomic mass is 32.2. The number of nitrogens with one attached hydrogen (secondary N) is 1. The van der Waals surface area contributed by atoms with Crippen molar-refractivity contribution in [3.8, 4) is 11.3 Å². The lowest BCUT2D eigenvalue weighted by Gasteiger charge is -2.16. The minimum absolute atomic E-state index is 0.0185. The normalized spacial score (nSPS) is 19.1. The Kier molecular flexibility index (Phi) is 5.56. The van der Waals surface area contributed by atoms with Crippen molar-refractivity contribution >= 4 is 38.3 Å². The standard InChI is InChI=1S/C21H21N3O3S2/c1-14(20(25)22-16-11-12-29(26,27)13-16)28-21-18-10-6-5-9-17(18)19(23-24-21)15-7-3-2-4-8-15/h2-10,14,16H,11-13H2,1H3,(H,22,25). The molecule has 6 nitrogen and oxygen atoms in total. The molecule has 1 N–H and O–H groups in total. The lowest BCUT2D eigenvalue weighted by molar-refractivity contribution is -0.120. The number of rotatable bonds is 5. The lowest BCUT2D eigenvalue weighted by Crippen LogP contribution is -2.39. The van der Waals surface area contributed by atoms with Gasteiger partial charge in [-0.15, -0.1) is 10.2 Å². The van der Waals surface area contributed by atoms with Crippen molar-refractivity contribution in [2.75, 3.05) is 11.5 Å². The molecule has 0 aliphatic carbocycles. The van der Waals surface area contributed by atoms with Crippen molar-refractivity contribution in [2.24, 2.45) is 0 Å². The quantitative estimate of drug-likeness (QED) is 0.630. The second-order valence-electron chi connectivity index (χ2n) is 7.13. The Labute approximate surface area is 174 Å². The van der Waals surface area contributed by atoms with Crippen LogP contribution in [0.15, 0.2) is 59.6 Å². The van der Waals surface area contributed by atoms with Gasteiger partial charge >= 0.3 is 0 Å². The van der Waals surface area contributed by atoms with Crippen LogP contribution in [-0.2, 0) is 14.6 Å². The second kappa shape index (κ2) is 8.12. The summed E-state index contributed by atoms with van der Waals surface area (Å²) < 4.78 is 23.2. The Morgan fingerprint density at radius 1 is 1.07 bits per heavy atom. The maximum atomic E-state index is 12.6. The molecular weight excluding hydrogens is 406 g/mol. The molecule has 2 unspecified atom stereocenters. The van der Waals surface area contributed by atoms with Gasteiger partial charge in [0.25, 0.3) is 0 Å². The van der Waals surface area contributed by atoms with Gasteiger partial charge in [-0.1, -0.05) is 66.4 Å². The van der Waals surface area contributed by atoms with Crippen LogP contribution in [0.5, 0.6) is 0 Å². The van der Waals surface area contributed by atoms with Crippen molar-refractivity contribution in [1.82, 2.24) is 15.5 Å². The van der Waals surface area contributed by atoms with Gasteiger partial charge in [-0.05, 0) is 13.3 Å². The topological polar surface area (TPSA) is 89.0 Å². The summed E-state index contributed by atoms with van der Waals surface area (Å²) in [7, 11) is -3.03. The number of benzene rings is 2. The highest BCUT2D eigenvalue weighted by molar-refractivity contribution is 8.00. The molecular formula is C21H21N3O3S2. The number of sulfone groups is 1. The Hall–Kier alpha value is -2.45. The zero-order valence-corrected chi connectivity index (χ0v) is 17.5. The van der Waals surface area contributed by atoms with Crippen LogP contribution in [0.25, 0.3) is 22.0 Å². The summed E-state index contributed by atoms with van der Waals surface area (Å²) in [6, 6.07) is 17.5. The van der Waals surface area contributed by atoms with Crippen LogP contribution in [0.2, 0.25) is 0 Å². The average molecular weight is 428 g/mol. The maximum Gasteiger partial charge on any atom is 0.233 e. The van der Waals surface area contributed by atoms with Gasteiger partial charge in [-0.25, -0.2) is 8.42 Å². The van der Waals surface area contributed by atoms with E-state index in [0.717, 1.165) is 22.0 Å². The van der Waals surface area contributed by atoms with Crippen molar-refractivity contribution in [2.45, 2.75) is 29.7 Å².